The molecule has 0 aliphatic rings. The van der Waals surface area contributed by atoms with Crippen molar-refractivity contribution in [2.45, 2.75) is 26.7 Å². The topological polar surface area (TPSA) is 80.6 Å². The third kappa shape index (κ3) is 7.71. The first kappa shape index (κ1) is 23.8. The molecule has 0 heterocycles. The third-order valence-electron chi connectivity index (χ3n) is 4.67. The molecule has 31 heavy (non-hydrogen) atoms. The van der Waals surface area contributed by atoms with Crippen LogP contribution in [0, 0.1) is 17.2 Å². The molecule has 0 radical (unpaired) electrons. The fourth-order valence-corrected chi connectivity index (χ4v) is 2.84. The molecule has 0 saturated carbocycles. The molecule has 164 valence electrons. The van der Waals surface area contributed by atoms with Crippen molar-refractivity contribution in [2.75, 3.05) is 27.4 Å². The van der Waals surface area contributed by atoms with Gasteiger partial charge >= 0.3 is 0 Å². The van der Waals surface area contributed by atoms with E-state index in [0.29, 0.717) is 37.0 Å². The van der Waals surface area contributed by atoms with Crippen molar-refractivity contribution in [1.29, 1.82) is 5.26 Å². The normalized spacial score (nSPS) is 11.0. The zero-order valence-electron chi connectivity index (χ0n) is 18.6. The fraction of sp³-hybridized carbons (Fsp3) is 0.360. The zero-order chi connectivity index (χ0) is 22.6. The molecule has 1 N–H and O–H groups in total. The van der Waals surface area contributed by atoms with E-state index in [1.807, 2.05) is 48.5 Å². The summed E-state index contributed by atoms with van der Waals surface area (Å²) in [6.07, 6.45) is 3.17. The van der Waals surface area contributed by atoms with Gasteiger partial charge in [0, 0.05) is 6.54 Å². The zero-order valence-corrected chi connectivity index (χ0v) is 18.6. The first-order valence-electron chi connectivity index (χ1n) is 10.3. The van der Waals surface area contributed by atoms with Crippen molar-refractivity contribution in [1.82, 2.24) is 5.32 Å². The predicted octanol–water partition coefficient (Wildman–Crippen LogP) is 4.39. The van der Waals surface area contributed by atoms with Gasteiger partial charge in [-0.05, 0) is 60.2 Å². The quantitative estimate of drug-likeness (QED) is 0.429. The number of amides is 1. The second-order valence-corrected chi connectivity index (χ2v) is 7.47. The van der Waals surface area contributed by atoms with Crippen molar-refractivity contribution in [2.24, 2.45) is 5.92 Å². The van der Waals surface area contributed by atoms with Gasteiger partial charge in [-0.3, -0.25) is 4.79 Å². The van der Waals surface area contributed by atoms with E-state index in [1.165, 1.54) is 0 Å². The summed E-state index contributed by atoms with van der Waals surface area (Å²) in [4.78, 5) is 12.4. The number of carbonyl (C=O) groups excluding carboxylic acids is 1. The molecule has 0 bridgehead atoms. The van der Waals surface area contributed by atoms with Gasteiger partial charge in [-0.1, -0.05) is 32.0 Å². The molecular weight excluding hydrogens is 392 g/mol. The lowest BCUT2D eigenvalue weighted by Gasteiger charge is -2.10. The number of ether oxygens (including phenoxy) is 3. The van der Waals surface area contributed by atoms with E-state index in [-0.39, 0.29) is 5.57 Å². The first-order valence-corrected chi connectivity index (χ1v) is 10.3. The minimum Gasteiger partial charge on any atom is -0.494 e. The SMILES string of the molecule is COc1ccc(CCNC(=O)/C(C#N)=C/c2ccc(OCCC(C)C)cc2)cc1OC. The summed E-state index contributed by atoms with van der Waals surface area (Å²) in [6, 6.07) is 14.9. The van der Waals surface area contributed by atoms with Crippen molar-refractivity contribution < 1.29 is 19.0 Å². The molecule has 0 aromatic heterocycles. The minimum atomic E-state index is -0.403. The van der Waals surface area contributed by atoms with Gasteiger partial charge in [0.2, 0.25) is 0 Å². The van der Waals surface area contributed by atoms with Crippen LogP contribution in [0.5, 0.6) is 17.2 Å². The lowest BCUT2D eigenvalue weighted by Crippen LogP contribution is -2.26. The first-order chi connectivity index (χ1) is 15.0. The van der Waals surface area contributed by atoms with E-state index >= 15 is 0 Å². The van der Waals surface area contributed by atoms with Crippen LogP contribution in [0.1, 0.15) is 31.4 Å². The molecule has 2 aromatic carbocycles. The van der Waals surface area contributed by atoms with E-state index in [0.717, 1.165) is 23.3 Å². The molecule has 0 atom stereocenters. The van der Waals surface area contributed by atoms with E-state index in [9.17, 15) is 10.1 Å². The average Bonchev–Trinajstić information content (AvgIpc) is 2.77. The number of nitriles is 1. The molecule has 0 aliphatic carbocycles. The van der Waals surface area contributed by atoms with Crippen molar-refractivity contribution in [3.8, 4) is 23.3 Å². The highest BCUT2D eigenvalue weighted by Crippen LogP contribution is 2.27. The number of hydrogen-bond donors (Lipinski definition) is 1. The Hall–Kier alpha value is -3.46. The maximum atomic E-state index is 12.4. The van der Waals surface area contributed by atoms with Gasteiger partial charge in [-0.15, -0.1) is 0 Å². The molecule has 0 aliphatic heterocycles. The minimum absolute atomic E-state index is 0.0563. The van der Waals surface area contributed by atoms with E-state index in [1.54, 1.807) is 20.3 Å². The van der Waals surface area contributed by atoms with Gasteiger partial charge in [0.05, 0.1) is 20.8 Å². The Morgan fingerprint density at radius 1 is 1.10 bits per heavy atom. The number of benzene rings is 2. The Morgan fingerprint density at radius 3 is 2.42 bits per heavy atom. The lowest BCUT2D eigenvalue weighted by atomic mass is 10.1. The Kier molecular flexibility index (Phi) is 9.44. The Morgan fingerprint density at radius 2 is 1.81 bits per heavy atom. The van der Waals surface area contributed by atoms with Crippen molar-refractivity contribution >= 4 is 12.0 Å². The van der Waals surface area contributed by atoms with Crippen LogP contribution in [0.4, 0.5) is 0 Å². The molecular formula is C25H30N2O4. The number of rotatable bonds is 11. The van der Waals surface area contributed by atoms with Gasteiger partial charge in [0.15, 0.2) is 11.5 Å². The fourth-order valence-electron chi connectivity index (χ4n) is 2.84. The summed E-state index contributed by atoms with van der Waals surface area (Å²) in [5.41, 5.74) is 1.82. The summed E-state index contributed by atoms with van der Waals surface area (Å²) < 4.78 is 16.2. The molecule has 6 nitrogen and oxygen atoms in total. The number of nitrogens with zero attached hydrogens (tertiary/aromatic N) is 1. The largest absolute Gasteiger partial charge is 0.494 e. The van der Waals surface area contributed by atoms with Gasteiger partial charge in [0.1, 0.15) is 17.4 Å². The lowest BCUT2D eigenvalue weighted by molar-refractivity contribution is -0.117. The summed E-state index contributed by atoms with van der Waals surface area (Å²) in [7, 11) is 3.17. The molecule has 0 unspecified atom stereocenters. The number of nitrogens with one attached hydrogen (secondary N) is 1. The summed E-state index contributed by atoms with van der Waals surface area (Å²) in [5, 5.41) is 12.2. The van der Waals surface area contributed by atoms with Crippen LogP contribution < -0.4 is 19.5 Å². The molecule has 0 saturated heterocycles. The van der Waals surface area contributed by atoms with Crippen molar-refractivity contribution in [3.05, 3.63) is 59.2 Å². The average molecular weight is 423 g/mol. The van der Waals surface area contributed by atoms with Crippen LogP contribution in [0.25, 0.3) is 6.08 Å². The Bertz CT molecular complexity index is 928. The second kappa shape index (κ2) is 12.3. The Balaban J connectivity index is 1.91. The molecule has 6 heteroatoms. The standard InChI is InChI=1S/C25H30N2O4/c1-18(2)12-14-31-22-8-5-19(6-9-22)15-21(17-26)25(28)27-13-11-20-7-10-23(29-3)24(16-20)30-4/h5-10,15-16,18H,11-14H2,1-4H3,(H,27,28)/b21-15+. The second-order valence-electron chi connectivity index (χ2n) is 7.47. The van der Waals surface area contributed by atoms with Crippen LogP contribution in [0.2, 0.25) is 0 Å². The van der Waals surface area contributed by atoms with Crippen LogP contribution in [-0.2, 0) is 11.2 Å². The predicted molar refractivity (Wildman–Crippen MR) is 121 cm³/mol. The number of carbonyl (C=O) groups is 1. The summed E-state index contributed by atoms with van der Waals surface area (Å²) >= 11 is 0. The molecule has 0 fully saturated rings. The molecule has 0 spiro atoms. The van der Waals surface area contributed by atoms with Crippen LogP contribution in [0.15, 0.2) is 48.0 Å². The maximum Gasteiger partial charge on any atom is 0.261 e. The van der Waals surface area contributed by atoms with E-state index in [2.05, 4.69) is 19.2 Å². The van der Waals surface area contributed by atoms with Crippen molar-refractivity contribution in [3.63, 3.8) is 0 Å². The molecule has 1 amide bonds. The monoisotopic (exact) mass is 422 g/mol. The summed E-state index contributed by atoms with van der Waals surface area (Å²) in [6.45, 7) is 5.37. The smallest absolute Gasteiger partial charge is 0.261 e. The highest BCUT2D eigenvalue weighted by atomic mass is 16.5. The highest BCUT2D eigenvalue weighted by molar-refractivity contribution is 6.01. The van der Waals surface area contributed by atoms with Crippen LogP contribution in [0.3, 0.4) is 0 Å². The van der Waals surface area contributed by atoms with Gasteiger partial charge in [0.25, 0.3) is 5.91 Å². The highest BCUT2D eigenvalue weighted by Gasteiger charge is 2.10. The Labute approximate surface area is 184 Å². The number of methoxy groups -OCH3 is 2. The maximum absolute atomic E-state index is 12.4. The molecule has 2 rings (SSSR count). The van der Waals surface area contributed by atoms with Gasteiger partial charge in [-0.25, -0.2) is 0 Å². The van der Waals surface area contributed by atoms with Crippen LogP contribution >= 0.6 is 0 Å². The third-order valence-corrected chi connectivity index (χ3v) is 4.67. The summed E-state index contributed by atoms with van der Waals surface area (Å²) in [5.74, 6) is 2.25. The van der Waals surface area contributed by atoms with Crippen LogP contribution in [-0.4, -0.2) is 33.3 Å². The van der Waals surface area contributed by atoms with Gasteiger partial charge in [-0.2, -0.15) is 5.26 Å². The van der Waals surface area contributed by atoms with E-state index < -0.39 is 5.91 Å². The number of hydrogen-bond acceptors (Lipinski definition) is 5. The van der Waals surface area contributed by atoms with E-state index in [4.69, 9.17) is 14.2 Å². The van der Waals surface area contributed by atoms with Gasteiger partial charge < -0.3 is 19.5 Å². The molecule has 2 aromatic rings.